The average molecular weight is 511 g/mol. The molecule has 2 aliphatic heterocycles. The molecule has 0 radical (unpaired) electrons. The summed E-state index contributed by atoms with van der Waals surface area (Å²) in [6.45, 7) is 3.53. The fourth-order valence-corrected chi connectivity index (χ4v) is 4.89. The second kappa shape index (κ2) is 13.4. The van der Waals surface area contributed by atoms with Crippen molar-refractivity contribution in [3.63, 3.8) is 0 Å². The van der Waals surface area contributed by atoms with E-state index in [1.54, 1.807) is 31.4 Å². The Kier molecular flexibility index (Phi) is 9.79. The average Bonchev–Trinajstić information content (AvgIpc) is 3.45. The fraction of sp³-hybridized carbons (Fsp3) is 0.517. The Balaban J connectivity index is 1.26. The van der Waals surface area contributed by atoms with Crippen LogP contribution in [0.3, 0.4) is 0 Å². The van der Waals surface area contributed by atoms with Gasteiger partial charge in [0.1, 0.15) is 25.1 Å². The number of hydrogen-bond acceptors (Lipinski definition) is 7. The maximum absolute atomic E-state index is 12.8. The number of hydrogen-bond donors (Lipinski definition) is 2. The molecule has 1 saturated heterocycles. The molecule has 0 spiro atoms. The Morgan fingerprint density at radius 2 is 1.68 bits per heavy atom. The van der Waals surface area contributed by atoms with Crippen LogP contribution in [0.25, 0.3) is 0 Å². The first-order valence-corrected chi connectivity index (χ1v) is 13.3. The van der Waals surface area contributed by atoms with Gasteiger partial charge < -0.3 is 29.5 Å². The minimum atomic E-state index is -0.859. The first-order valence-electron chi connectivity index (χ1n) is 13.3. The number of carbonyl (C=O) groups excluding carboxylic acids is 2. The van der Waals surface area contributed by atoms with E-state index in [1.165, 1.54) is 0 Å². The van der Waals surface area contributed by atoms with Crippen molar-refractivity contribution in [2.45, 2.75) is 57.1 Å². The van der Waals surface area contributed by atoms with Crippen molar-refractivity contribution in [3.05, 3.63) is 53.6 Å². The van der Waals surface area contributed by atoms with Crippen LogP contribution in [0.15, 0.2) is 42.5 Å². The van der Waals surface area contributed by atoms with Gasteiger partial charge in [-0.25, -0.2) is 0 Å². The van der Waals surface area contributed by atoms with Gasteiger partial charge in [-0.05, 0) is 80.7 Å². The molecule has 2 aliphatic rings. The van der Waals surface area contributed by atoms with Crippen LogP contribution in [-0.2, 0) is 4.79 Å². The van der Waals surface area contributed by atoms with Crippen molar-refractivity contribution >= 4 is 11.7 Å². The van der Waals surface area contributed by atoms with Crippen molar-refractivity contribution in [2.75, 3.05) is 40.0 Å². The molecule has 200 valence electrons. The molecule has 0 aliphatic carbocycles. The number of likely N-dealkylation sites (tertiary alicyclic amines) is 1. The number of unbranched alkanes of at least 4 members (excludes halogenated alkanes) is 2. The third-order valence-corrected chi connectivity index (χ3v) is 7.01. The van der Waals surface area contributed by atoms with Crippen LogP contribution in [0.4, 0.5) is 0 Å². The van der Waals surface area contributed by atoms with E-state index in [9.17, 15) is 14.7 Å². The highest BCUT2D eigenvalue weighted by Gasteiger charge is 2.27. The Hall–Kier alpha value is -3.10. The summed E-state index contributed by atoms with van der Waals surface area (Å²) in [4.78, 5) is 27.5. The summed E-state index contributed by atoms with van der Waals surface area (Å²) in [6, 6.07) is 12.2. The zero-order valence-corrected chi connectivity index (χ0v) is 21.6. The summed E-state index contributed by atoms with van der Waals surface area (Å²) in [5.74, 6) is 2.04. The van der Waals surface area contributed by atoms with Crippen molar-refractivity contribution < 1.29 is 28.9 Å². The van der Waals surface area contributed by atoms with Gasteiger partial charge in [0.2, 0.25) is 5.91 Å². The van der Waals surface area contributed by atoms with E-state index < -0.39 is 12.1 Å². The third-order valence-electron chi connectivity index (χ3n) is 7.01. The van der Waals surface area contributed by atoms with Crippen molar-refractivity contribution in [1.82, 2.24) is 10.2 Å². The van der Waals surface area contributed by atoms with Gasteiger partial charge in [-0.1, -0.05) is 12.5 Å². The van der Waals surface area contributed by atoms with Crippen molar-refractivity contribution in [2.24, 2.45) is 0 Å². The highest BCUT2D eigenvalue weighted by Crippen LogP contribution is 2.33. The van der Waals surface area contributed by atoms with E-state index in [2.05, 4.69) is 10.2 Å². The van der Waals surface area contributed by atoms with Gasteiger partial charge in [0.15, 0.2) is 17.3 Å². The number of Topliss-reactive ketones (excluding diaryl/α,β-unsaturated/α-hetero) is 1. The first kappa shape index (κ1) is 26.9. The molecule has 0 bridgehead atoms. The molecule has 0 unspecified atom stereocenters. The molecule has 0 aromatic heterocycles. The van der Waals surface area contributed by atoms with Gasteiger partial charge in [0.25, 0.3) is 0 Å². The van der Waals surface area contributed by atoms with E-state index in [1.807, 2.05) is 18.2 Å². The number of methoxy groups -OCH3 is 1. The Morgan fingerprint density at radius 1 is 0.973 bits per heavy atom. The number of nitrogens with zero attached hydrogens (tertiary/aromatic N) is 1. The number of aliphatic hydroxyl groups is 1. The summed E-state index contributed by atoms with van der Waals surface area (Å²) < 4.78 is 16.4. The van der Waals surface area contributed by atoms with E-state index in [-0.39, 0.29) is 11.7 Å². The molecular weight excluding hydrogens is 472 g/mol. The highest BCUT2D eigenvalue weighted by atomic mass is 16.6. The predicted octanol–water partition coefficient (Wildman–Crippen LogP) is 3.91. The molecule has 2 aromatic rings. The maximum Gasteiger partial charge on any atom is 0.220 e. The Bertz CT molecular complexity index is 1040. The molecule has 8 nitrogen and oxygen atoms in total. The number of rotatable bonds is 13. The number of amides is 1. The minimum Gasteiger partial charge on any atom is -0.497 e. The molecular formula is C29H38N2O6. The largest absolute Gasteiger partial charge is 0.497 e. The topological polar surface area (TPSA) is 97.3 Å². The van der Waals surface area contributed by atoms with Gasteiger partial charge in [0, 0.05) is 24.9 Å². The van der Waals surface area contributed by atoms with Crippen LogP contribution in [0.1, 0.15) is 67.0 Å². The second-order valence-electron chi connectivity index (χ2n) is 9.74. The number of ether oxygens (including phenoxy) is 3. The SMILES string of the molecule is COc1ccc(C(=O)CCCCCC(=O)N[C@H](CN2CCCC2)[C@@H](O)c2ccc3c(c2)OCCO3)cc1. The first-order chi connectivity index (χ1) is 18.0. The number of aliphatic hydroxyl groups excluding tert-OH is 1. The number of nitrogens with one attached hydrogen (secondary N) is 1. The van der Waals surface area contributed by atoms with Crippen LogP contribution >= 0.6 is 0 Å². The van der Waals surface area contributed by atoms with Crippen LogP contribution in [0, 0.1) is 0 Å². The zero-order chi connectivity index (χ0) is 26.0. The van der Waals surface area contributed by atoms with E-state index in [0.717, 1.165) is 44.5 Å². The Morgan fingerprint density at radius 3 is 2.41 bits per heavy atom. The number of ketones is 1. The zero-order valence-electron chi connectivity index (χ0n) is 21.6. The minimum absolute atomic E-state index is 0.0812. The van der Waals surface area contributed by atoms with E-state index >= 15 is 0 Å². The highest BCUT2D eigenvalue weighted by molar-refractivity contribution is 5.96. The van der Waals surface area contributed by atoms with Gasteiger partial charge in [0.05, 0.1) is 13.2 Å². The van der Waals surface area contributed by atoms with Gasteiger partial charge >= 0.3 is 0 Å². The summed E-state index contributed by atoms with van der Waals surface area (Å²) in [6.07, 6.45) is 4.44. The molecule has 2 aromatic carbocycles. The fourth-order valence-electron chi connectivity index (χ4n) is 4.89. The standard InChI is InChI=1S/C29H38N2O6/c1-35-23-12-9-21(10-13-23)25(32)7-3-2-4-8-28(33)30-24(20-31-15-5-6-16-31)29(34)22-11-14-26-27(19-22)37-18-17-36-26/h9-14,19,24,29,34H,2-8,15-18,20H2,1H3,(H,30,33)/t24-,29+/m1/s1. The monoisotopic (exact) mass is 510 g/mol. The van der Waals surface area contributed by atoms with Gasteiger partial charge in [-0.2, -0.15) is 0 Å². The van der Waals surface area contributed by atoms with E-state index in [4.69, 9.17) is 14.2 Å². The van der Waals surface area contributed by atoms with Crippen LogP contribution in [0.2, 0.25) is 0 Å². The molecule has 8 heteroatoms. The summed E-state index contributed by atoms with van der Waals surface area (Å²) >= 11 is 0. The normalized spacial score (nSPS) is 16.7. The van der Waals surface area contributed by atoms with Crippen LogP contribution in [0.5, 0.6) is 17.2 Å². The lowest BCUT2D eigenvalue weighted by Gasteiger charge is -2.29. The van der Waals surface area contributed by atoms with Crippen molar-refractivity contribution in [1.29, 1.82) is 0 Å². The molecule has 1 fully saturated rings. The molecule has 2 atom stereocenters. The molecule has 1 amide bonds. The molecule has 2 N–H and O–H groups in total. The Labute approximate surface area is 218 Å². The number of fused-ring (bicyclic) bond motifs is 1. The molecule has 37 heavy (non-hydrogen) atoms. The molecule has 4 rings (SSSR count). The molecule has 0 saturated carbocycles. The van der Waals surface area contributed by atoms with Crippen LogP contribution in [-0.4, -0.2) is 67.7 Å². The lowest BCUT2D eigenvalue weighted by molar-refractivity contribution is -0.123. The van der Waals surface area contributed by atoms with Crippen LogP contribution < -0.4 is 19.5 Å². The third kappa shape index (κ3) is 7.69. The second-order valence-corrected chi connectivity index (χ2v) is 9.74. The van der Waals surface area contributed by atoms with Gasteiger partial charge in [-0.15, -0.1) is 0 Å². The maximum atomic E-state index is 12.8. The summed E-state index contributed by atoms with van der Waals surface area (Å²) in [7, 11) is 1.60. The number of benzene rings is 2. The predicted molar refractivity (Wildman–Crippen MR) is 140 cm³/mol. The smallest absolute Gasteiger partial charge is 0.220 e. The number of carbonyl (C=O) groups is 2. The summed E-state index contributed by atoms with van der Waals surface area (Å²) in [5, 5.41) is 14.3. The van der Waals surface area contributed by atoms with E-state index in [0.29, 0.717) is 61.6 Å². The quantitative estimate of drug-likeness (QED) is 0.311. The van der Waals surface area contributed by atoms with Crippen molar-refractivity contribution in [3.8, 4) is 17.2 Å². The van der Waals surface area contributed by atoms with Gasteiger partial charge in [-0.3, -0.25) is 9.59 Å². The lowest BCUT2D eigenvalue weighted by atomic mass is 10.00. The molecule has 2 heterocycles. The lowest BCUT2D eigenvalue weighted by Crippen LogP contribution is -2.46. The summed E-state index contributed by atoms with van der Waals surface area (Å²) in [5.41, 5.74) is 1.38.